The quantitative estimate of drug-likeness (QED) is 0.134. The van der Waals surface area contributed by atoms with E-state index in [1.807, 2.05) is 0 Å². The molecule has 0 amide bonds. The van der Waals surface area contributed by atoms with E-state index < -0.39 is 262 Å². The molecule has 0 radical (unpaired) electrons. The first kappa shape index (κ1) is 10.9. The zero-order valence-electron chi connectivity index (χ0n) is 53.1. The van der Waals surface area contributed by atoms with Crippen molar-refractivity contribution in [2.45, 2.75) is 0 Å². The van der Waals surface area contributed by atoms with Gasteiger partial charge in [0.2, 0.25) is 0 Å². The van der Waals surface area contributed by atoms with Crippen LogP contribution in [-0.2, 0) is 0 Å². The van der Waals surface area contributed by atoms with Gasteiger partial charge in [-0.05, 0) is 116 Å². The number of rotatable bonds is 3. The molecule has 10 rings (SSSR count). The molecule has 0 atom stereocenters. The fourth-order valence-corrected chi connectivity index (χ4v) is 5.97. The molecule has 0 heterocycles. The van der Waals surface area contributed by atoms with Gasteiger partial charge in [-0.3, -0.25) is 0 Å². The van der Waals surface area contributed by atoms with E-state index in [1.165, 1.54) is 0 Å². The van der Waals surface area contributed by atoms with Crippen LogP contribution in [0.1, 0.15) is 39.8 Å². The normalized spacial score (nSPS) is 20.2. The number of fused-ring (bicyclic) bond motifs is 9. The molecular weight excluding hydrogens is 577 g/mol. The Morgan fingerprint density at radius 1 is 0.250 bits per heavy atom. The molecular formula is C48H30. The summed E-state index contributed by atoms with van der Waals surface area (Å²) in [6, 6.07) is -25.6. The Morgan fingerprint density at radius 2 is 0.708 bits per heavy atom. The second-order valence-electron chi connectivity index (χ2n) is 10.6. The van der Waals surface area contributed by atoms with Gasteiger partial charge in [0.05, 0.1) is 39.8 Å². The molecule has 0 fully saturated rings. The molecule has 0 saturated carbocycles. The largest absolute Gasteiger partial charge is 0.0636 e. The third-order valence-corrected chi connectivity index (χ3v) is 8.01. The molecule has 0 saturated heterocycles. The van der Waals surface area contributed by atoms with Gasteiger partial charge in [0.25, 0.3) is 0 Å². The van der Waals surface area contributed by atoms with Crippen LogP contribution in [0, 0.1) is 0 Å². The van der Waals surface area contributed by atoms with Crippen molar-refractivity contribution in [3.05, 3.63) is 181 Å². The molecule has 0 aliphatic heterocycles. The molecule has 0 N–H and O–H groups in total. The average Bonchev–Trinajstić information content (AvgIpc) is 3.56. The second-order valence-corrected chi connectivity index (χ2v) is 10.6. The van der Waals surface area contributed by atoms with Crippen molar-refractivity contribution in [3.8, 4) is 33.4 Å². The molecule has 0 aliphatic rings. The van der Waals surface area contributed by atoms with E-state index in [2.05, 4.69) is 0 Å². The molecule has 0 spiro atoms. The lowest BCUT2D eigenvalue weighted by Crippen LogP contribution is -1.91. The van der Waals surface area contributed by atoms with Gasteiger partial charge < -0.3 is 0 Å². The first-order valence-electron chi connectivity index (χ1n) is 28.8. The van der Waals surface area contributed by atoms with Gasteiger partial charge in [0.1, 0.15) is 0 Å². The summed E-state index contributed by atoms with van der Waals surface area (Å²) >= 11 is 0. The Balaban J connectivity index is 1.49. The monoisotopic (exact) mass is 635 g/mol. The van der Waals surface area contributed by atoms with Gasteiger partial charge in [0, 0.05) is 0 Å². The molecule has 10 aromatic rings. The van der Waals surface area contributed by atoms with Gasteiger partial charge in [-0.2, -0.15) is 0 Å². The highest BCUT2D eigenvalue weighted by atomic mass is 14.2. The molecule has 0 nitrogen and oxygen atoms in total. The summed E-state index contributed by atoms with van der Waals surface area (Å²) in [5, 5.41) is -6.78. The van der Waals surface area contributed by atoms with Crippen molar-refractivity contribution in [3.63, 3.8) is 0 Å². The average molecular weight is 636 g/mol. The summed E-state index contributed by atoms with van der Waals surface area (Å²) in [6.07, 6.45) is 0. The van der Waals surface area contributed by atoms with E-state index in [1.54, 1.807) is 0 Å². The highest BCUT2D eigenvalue weighted by Gasteiger charge is 2.17. The summed E-state index contributed by atoms with van der Waals surface area (Å²) in [5.74, 6) is 0. The molecule has 0 aromatic heterocycles. The summed E-state index contributed by atoms with van der Waals surface area (Å²) in [4.78, 5) is 0. The summed E-state index contributed by atoms with van der Waals surface area (Å²) in [6.45, 7) is 0. The third-order valence-electron chi connectivity index (χ3n) is 8.01. The highest BCUT2D eigenvalue weighted by Crippen LogP contribution is 2.45. The van der Waals surface area contributed by atoms with Crippen molar-refractivity contribution < 1.29 is 39.8 Å². The van der Waals surface area contributed by atoms with Crippen LogP contribution in [0.3, 0.4) is 0 Å². The number of hydrogen-bond acceptors (Lipinski definition) is 0. The number of hydrogen-bond donors (Lipinski definition) is 0. The summed E-state index contributed by atoms with van der Waals surface area (Å²) in [5.41, 5.74) is -5.00. The van der Waals surface area contributed by atoms with E-state index in [0.29, 0.717) is 0 Å². The lowest BCUT2D eigenvalue weighted by Gasteiger charge is -2.18. The van der Waals surface area contributed by atoms with Crippen LogP contribution >= 0.6 is 0 Å². The Morgan fingerprint density at radius 3 is 1.40 bits per heavy atom. The van der Waals surface area contributed by atoms with Crippen molar-refractivity contribution in [2.75, 3.05) is 0 Å². The van der Waals surface area contributed by atoms with Crippen LogP contribution in [0.2, 0.25) is 0 Å². The Labute approximate surface area is 319 Å². The molecule has 0 unspecified atom stereocenters. The lowest BCUT2D eigenvalue weighted by atomic mass is 9.85. The van der Waals surface area contributed by atoms with Crippen LogP contribution in [-0.4, -0.2) is 0 Å². The maximum atomic E-state index is 9.98. The van der Waals surface area contributed by atoms with Gasteiger partial charge in [-0.15, -0.1) is 0 Å². The smallest absolute Gasteiger partial charge is 0.0616 e. The summed E-state index contributed by atoms with van der Waals surface area (Å²) < 4.78 is 263. The molecule has 0 heteroatoms. The minimum Gasteiger partial charge on any atom is -0.0616 e. The zero-order chi connectivity index (χ0) is 56.8. The Bertz CT molecular complexity index is 4460. The van der Waals surface area contributed by atoms with E-state index in [0.717, 1.165) is 6.07 Å². The Kier molecular flexibility index (Phi) is 2.42. The van der Waals surface area contributed by atoms with Crippen molar-refractivity contribution >= 4 is 64.6 Å². The fourth-order valence-electron chi connectivity index (χ4n) is 5.97. The molecule has 10 aromatic carbocycles. The second kappa shape index (κ2) is 10.7. The standard InChI is InChI=1S/C48H30/c1-2-13-32-28-36(25-24-31(32)12-1)48-44-22-9-7-20-42(44)47(43-21-8-10-23-45(43)48)35-15-11-14-33(29-35)34-26-27-41-39-18-4-3-16-37(39)38-17-5-6-19-40(38)46(41)30-34/h1-30H/i1D,2D,3D,4D,5D,6D,7D,8D,9D,10D,11D,12D,13D,14D,15D,16D,17D,19D,20D,21D,22D,23D,24D,25D,26D,27D,28D,29D,30D. The zero-order valence-corrected chi connectivity index (χ0v) is 24.1. The van der Waals surface area contributed by atoms with E-state index >= 15 is 0 Å². The van der Waals surface area contributed by atoms with Crippen LogP contribution in [0.5, 0.6) is 0 Å². The minimum absolute atomic E-state index is 0.250. The van der Waals surface area contributed by atoms with Crippen LogP contribution in [0.4, 0.5) is 0 Å². The Hall–Kier alpha value is -6.24. The maximum absolute atomic E-state index is 9.98. The number of benzene rings is 10. The first-order valence-corrected chi connectivity index (χ1v) is 14.3. The van der Waals surface area contributed by atoms with Crippen molar-refractivity contribution in [2.24, 2.45) is 0 Å². The molecule has 222 valence electrons. The highest BCUT2D eigenvalue weighted by molar-refractivity contribution is 6.26. The summed E-state index contributed by atoms with van der Waals surface area (Å²) in [7, 11) is 0. The topological polar surface area (TPSA) is 0 Å². The van der Waals surface area contributed by atoms with Crippen LogP contribution in [0.25, 0.3) is 98.0 Å². The molecule has 48 heavy (non-hydrogen) atoms. The minimum atomic E-state index is -1.11. The van der Waals surface area contributed by atoms with Crippen molar-refractivity contribution in [1.82, 2.24) is 0 Å². The van der Waals surface area contributed by atoms with Gasteiger partial charge in [-0.1, -0.05) is 163 Å². The van der Waals surface area contributed by atoms with Gasteiger partial charge in [0.15, 0.2) is 0 Å². The molecule has 0 aliphatic carbocycles. The fraction of sp³-hybridized carbons (Fsp3) is 0. The van der Waals surface area contributed by atoms with E-state index in [4.69, 9.17) is 21.9 Å². The maximum Gasteiger partial charge on any atom is 0.0636 e. The van der Waals surface area contributed by atoms with Gasteiger partial charge >= 0.3 is 0 Å². The lowest BCUT2D eigenvalue weighted by molar-refractivity contribution is 1.63. The predicted molar refractivity (Wildman–Crippen MR) is 208 cm³/mol. The predicted octanol–water partition coefficient (Wildman–Crippen LogP) is 13.6. The van der Waals surface area contributed by atoms with E-state index in [9.17, 15) is 17.8 Å². The van der Waals surface area contributed by atoms with Crippen LogP contribution in [0.15, 0.2) is 181 Å². The van der Waals surface area contributed by atoms with Gasteiger partial charge in [-0.25, -0.2) is 0 Å². The van der Waals surface area contributed by atoms with E-state index in [-0.39, 0.29) is 10.8 Å². The third kappa shape index (κ3) is 4.10. The molecule has 0 bridgehead atoms. The van der Waals surface area contributed by atoms with Crippen molar-refractivity contribution in [1.29, 1.82) is 0 Å². The van der Waals surface area contributed by atoms with Crippen LogP contribution < -0.4 is 0 Å². The SMILES string of the molecule is [2H]c1cc2c(c([2H])c1[2H])c1c([2H])c([2H])c([2H])c([2H])c1c1c([2H])c(-c3c([2H])c([2H])c([2H])c(-c4c5c([2H])c([2H])c([2H])c([2H])c5c(-c5c([2H])c([2H])c6c([2H])c([2H])c([2H])c([2H])c6c5[2H])c5c([2H])c([2H])c([2H])c([2H])c45)c3[2H])c([2H])c([2H])c21. The first-order chi connectivity index (χ1) is 35.9.